The molecule has 3 fully saturated rings. The van der Waals surface area contributed by atoms with E-state index < -0.39 is 0 Å². The van der Waals surface area contributed by atoms with Gasteiger partial charge in [-0.2, -0.15) is 0 Å². The summed E-state index contributed by atoms with van der Waals surface area (Å²) in [7, 11) is 1.61. The van der Waals surface area contributed by atoms with Gasteiger partial charge in [0.05, 0.1) is 5.60 Å². The number of carbonyl (C=O) groups excluding carboxylic acids is 1. The van der Waals surface area contributed by atoms with E-state index in [0.717, 1.165) is 43.2 Å². The van der Waals surface area contributed by atoms with Gasteiger partial charge in [-0.25, -0.2) is 9.97 Å². The standard InChI is InChI=1S/C21H33N5O2/c1-14-15(2)23-18(20(27)22-3)25-19(14)26-11-7-17(13-26)24-16-5-9-21(10-6-16)8-4-12-28-21/h16-17,24H,4-13H2,1-3H3,(H,22,27)/t16?,17-,21?/m1/s1. The first-order valence-electron chi connectivity index (χ1n) is 10.7. The van der Waals surface area contributed by atoms with Crippen LogP contribution in [0.15, 0.2) is 0 Å². The molecule has 0 unspecified atom stereocenters. The molecule has 1 aromatic heterocycles. The molecule has 7 heteroatoms. The van der Waals surface area contributed by atoms with Crippen molar-refractivity contribution in [1.29, 1.82) is 0 Å². The third kappa shape index (κ3) is 3.87. The Kier molecular flexibility index (Phi) is 5.56. The highest BCUT2D eigenvalue weighted by Crippen LogP contribution is 2.39. The molecule has 7 nitrogen and oxygen atoms in total. The average molecular weight is 388 g/mol. The highest BCUT2D eigenvalue weighted by Gasteiger charge is 2.39. The number of aryl methyl sites for hydroxylation is 1. The summed E-state index contributed by atoms with van der Waals surface area (Å²) >= 11 is 0. The van der Waals surface area contributed by atoms with E-state index in [-0.39, 0.29) is 17.3 Å². The summed E-state index contributed by atoms with van der Waals surface area (Å²) in [5, 5.41) is 6.51. The normalized spacial score (nSPS) is 30.2. The molecule has 1 spiro atoms. The monoisotopic (exact) mass is 387 g/mol. The minimum absolute atomic E-state index is 0.200. The Balaban J connectivity index is 1.37. The molecule has 28 heavy (non-hydrogen) atoms. The summed E-state index contributed by atoms with van der Waals surface area (Å²) in [5.74, 6) is 0.923. The van der Waals surface area contributed by atoms with E-state index in [4.69, 9.17) is 4.74 Å². The summed E-state index contributed by atoms with van der Waals surface area (Å²) in [6.07, 6.45) is 8.39. The molecule has 1 aromatic rings. The van der Waals surface area contributed by atoms with Crippen molar-refractivity contribution in [3.05, 3.63) is 17.1 Å². The molecule has 3 aliphatic rings. The Morgan fingerprint density at radius 1 is 1.14 bits per heavy atom. The van der Waals surface area contributed by atoms with Crippen LogP contribution in [0.5, 0.6) is 0 Å². The molecule has 154 valence electrons. The topological polar surface area (TPSA) is 79.4 Å². The van der Waals surface area contributed by atoms with Crippen molar-refractivity contribution in [3.8, 4) is 0 Å². The van der Waals surface area contributed by atoms with E-state index >= 15 is 0 Å². The van der Waals surface area contributed by atoms with Crippen molar-refractivity contribution in [1.82, 2.24) is 20.6 Å². The SMILES string of the molecule is CNC(=O)c1nc(C)c(C)c(N2CC[C@@H](NC3CCC4(CCCO4)CC3)C2)n1. The van der Waals surface area contributed by atoms with Gasteiger partial charge in [-0.1, -0.05) is 0 Å². The maximum Gasteiger partial charge on any atom is 0.288 e. The van der Waals surface area contributed by atoms with Crippen LogP contribution in [0.25, 0.3) is 0 Å². The molecular weight excluding hydrogens is 354 g/mol. The molecule has 2 saturated heterocycles. The number of carbonyl (C=O) groups is 1. The number of nitrogens with one attached hydrogen (secondary N) is 2. The summed E-state index contributed by atoms with van der Waals surface area (Å²) in [6, 6.07) is 1.07. The van der Waals surface area contributed by atoms with Crippen molar-refractivity contribution in [2.45, 2.75) is 76.5 Å². The van der Waals surface area contributed by atoms with Crippen molar-refractivity contribution >= 4 is 11.7 Å². The van der Waals surface area contributed by atoms with Crippen LogP contribution in [0.4, 0.5) is 5.82 Å². The van der Waals surface area contributed by atoms with Crippen LogP contribution in [-0.4, -0.2) is 60.3 Å². The fourth-order valence-corrected chi connectivity index (χ4v) is 5.02. The Morgan fingerprint density at radius 2 is 1.93 bits per heavy atom. The van der Waals surface area contributed by atoms with Crippen LogP contribution < -0.4 is 15.5 Å². The van der Waals surface area contributed by atoms with Gasteiger partial charge in [0, 0.05) is 50.1 Å². The fourth-order valence-electron chi connectivity index (χ4n) is 5.02. The van der Waals surface area contributed by atoms with Crippen molar-refractivity contribution in [2.75, 3.05) is 31.6 Å². The zero-order chi connectivity index (χ0) is 19.7. The van der Waals surface area contributed by atoms with Crippen LogP contribution in [0, 0.1) is 13.8 Å². The molecule has 1 saturated carbocycles. The van der Waals surface area contributed by atoms with E-state index in [1.54, 1.807) is 7.05 Å². The van der Waals surface area contributed by atoms with Crippen molar-refractivity contribution in [3.63, 3.8) is 0 Å². The van der Waals surface area contributed by atoms with Crippen LogP contribution in [0.1, 0.15) is 66.8 Å². The van der Waals surface area contributed by atoms with Crippen molar-refractivity contribution in [2.24, 2.45) is 0 Å². The average Bonchev–Trinajstić information content (AvgIpc) is 3.35. The summed E-state index contributed by atoms with van der Waals surface area (Å²) in [5.41, 5.74) is 2.13. The van der Waals surface area contributed by atoms with Gasteiger partial charge in [-0.15, -0.1) is 0 Å². The molecule has 1 aliphatic carbocycles. The van der Waals surface area contributed by atoms with E-state index in [2.05, 4.69) is 25.5 Å². The van der Waals surface area contributed by atoms with E-state index in [1.807, 2.05) is 13.8 Å². The minimum atomic E-state index is -0.233. The second-order valence-corrected chi connectivity index (χ2v) is 8.67. The van der Waals surface area contributed by atoms with Crippen LogP contribution >= 0.6 is 0 Å². The molecule has 0 bridgehead atoms. The molecule has 0 aromatic carbocycles. The first-order chi connectivity index (χ1) is 13.5. The Labute approximate surface area is 167 Å². The second kappa shape index (κ2) is 7.95. The van der Waals surface area contributed by atoms with Gasteiger partial charge in [-0.05, 0) is 58.8 Å². The molecule has 1 atom stereocenters. The molecule has 0 radical (unpaired) electrons. The largest absolute Gasteiger partial charge is 0.375 e. The third-order valence-electron chi connectivity index (χ3n) is 6.83. The first-order valence-corrected chi connectivity index (χ1v) is 10.7. The molecular formula is C21H33N5O2. The predicted molar refractivity (Wildman–Crippen MR) is 109 cm³/mol. The van der Waals surface area contributed by atoms with Crippen LogP contribution in [-0.2, 0) is 4.74 Å². The molecule has 2 aliphatic heterocycles. The maximum atomic E-state index is 12.0. The zero-order valence-electron chi connectivity index (χ0n) is 17.4. The summed E-state index contributed by atoms with van der Waals surface area (Å²) in [6.45, 7) is 6.83. The fraction of sp³-hybridized carbons (Fsp3) is 0.762. The molecule has 1 amide bonds. The lowest BCUT2D eigenvalue weighted by atomic mass is 9.80. The lowest BCUT2D eigenvalue weighted by molar-refractivity contribution is -0.0306. The Hall–Kier alpha value is -1.73. The van der Waals surface area contributed by atoms with E-state index in [0.29, 0.717) is 12.1 Å². The van der Waals surface area contributed by atoms with Gasteiger partial charge >= 0.3 is 0 Å². The summed E-state index contributed by atoms with van der Waals surface area (Å²) in [4.78, 5) is 23.2. The van der Waals surface area contributed by atoms with Gasteiger partial charge < -0.3 is 20.3 Å². The number of hydrogen-bond donors (Lipinski definition) is 2. The smallest absolute Gasteiger partial charge is 0.288 e. The second-order valence-electron chi connectivity index (χ2n) is 8.67. The van der Waals surface area contributed by atoms with Gasteiger partial charge in [0.2, 0.25) is 5.82 Å². The van der Waals surface area contributed by atoms with Crippen LogP contribution in [0.3, 0.4) is 0 Å². The van der Waals surface area contributed by atoms with Gasteiger partial charge in [-0.3, -0.25) is 4.79 Å². The number of amides is 1. The predicted octanol–water partition coefficient (Wildman–Crippen LogP) is 2.11. The number of hydrogen-bond acceptors (Lipinski definition) is 6. The number of nitrogens with zero attached hydrogens (tertiary/aromatic N) is 3. The number of anilines is 1. The molecule has 2 N–H and O–H groups in total. The number of rotatable bonds is 4. The number of ether oxygens (including phenoxy) is 1. The van der Waals surface area contributed by atoms with Crippen molar-refractivity contribution < 1.29 is 9.53 Å². The van der Waals surface area contributed by atoms with Gasteiger partial charge in [0.25, 0.3) is 5.91 Å². The quantitative estimate of drug-likeness (QED) is 0.824. The highest BCUT2D eigenvalue weighted by molar-refractivity contribution is 5.90. The molecule has 4 rings (SSSR count). The highest BCUT2D eigenvalue weighted by atomic mass is 16.5. The lowest BCUT2D eigenvalue weighted by Gasteiger charge is -2.37. The van der Waals surface area contributed by atoms with E-state index in [1.165, 1.54) is 38.5 Å². The van der Waals surface area contributed by atoms with Gasteiger partial charge in [0.1, 0.15) is 5.82 Å². The van der Waals surface area contributed by atoms with Crippen LogP contribution in [0.2, 0.25) is 0 Å². The number of aromatic nitrogens is 2. The molecule has 3 heterocycles. The maximum absolute atomic E-state index is 12.0. The Bertz CT molecular complexity index is 722. The van der Waals surface area contributed by atoms with E-state index in [9.17, 15) is 4.79 Å². The van der Waals surface area contributed by atoms with Gasteiger partial charge in [0.15, 0.2) is 0 Å². The first kappa shape index (κ1) is 19.6. The zero-order valence-corrected chi connectivity index (χ0v) is 17.4. The lowest BCUT2D eigenvalue weighted by Crippen LogP contribution is -2.45. The Morgan fingerprint density at radius 3 is 2.61 bits per heavy atom. The minimum Gasteiger partial charge on any atom is -0.375 e. The third-order valence-corrected chi connectivity index (χ3v) is 6.83. The summed E-state index contributed by atoms with van der Waals surface area (Å²) < 4.78 is 6.06.